The maximum absolute atomic E-state index is 6.64. The van der Waals surface area contributed by atoms with Gasteiger partial charge in [-0.25, -0.2) is 15.0 Å². The van der Waals surface area contributed by atoms with Gasteiger partial charge in [0.25, 0.3) is 0 Å². The number of aromatic nitrogens is 3. The molecule has 0 unspecified atom stereocenters. The summed E-state index contributed by atoms with van der Waals surface area (Å²) in [6, 6.07) is 52.4. The van der Waals surface area contributed by atoms with Crippen LogP contribution in [0, 0.1) is 0 Å². The Morgan fingerprint density at radius 1 is 0.407 bits per heavy atom. The van der Waals surface area contributed by atoms with Crippen LogP contribution in [0.15, 0.2) is 152 Å². The third-order valence-corrected chi connectivity index (χ3v) is 11.9. The third-order valence-electron chi connectivity index (χ3n) is 10.8. The fraction of sp³-hybridized carbons (Fsp3) is 0.0625. The van der Waals surface area contributed by atoms with Gasteiger partial charge in [-0.15, -0.1) is 11.3 Å². The van der Waals surface area contributed by atoms with Crippen molar-refractivity contribution in [2.24, 2.45) is 0 Å². The molecule has 256 valence electrons. The molecule has 0 radical (unpaired) electrons. The van der Waals surface area contributed by atoms with Crippen molar-refractivity contribution in [3.05, 3.63) is 163 Å². The Balaban J connectivity index is 1.01. The van der Waals surface area contributed by atoms with Gasteiger partial charge in [0.05, 0.1) is 0 Å². The summed E-state index contributed by atoms with van der Waals surface area (Å²) in [7, 11) is 0. The zero-order valence-corrected chi connectivity index (χ0v) is 30.3. The number of hydrogen-bond donors (Lipinski definition) is 0. The maximum Gasteiger partial charge on any atom is 0.170 e. The Morgan fingerprint density at radius 2 is 1.04 bits per heavy atom. The fourth-order valence-corrected chi connectivity index (χ4v) is 9.23. The first-order valence-corrected chi connectivity index (χ1v) is 18.9. The van der Waals surface area contributed by atoms with Crippen molar-refractivity contribution in [1.29, 1.82) is 0 Å². The van der Waals surface area contributed by atoms with Gasteiger partial charge in [0.1, 0.15) is 0 Å². The standard InChI is InChI=1S/C48H31N3O2S/c1-48(2)37-18-10-8-15-32(37)36-26-41-42(27-38(36)48)52-39-23-21-29(24-40(39)53-41)31-14-6-7-17-35(31)47-50-45(28-12-4-3-5-13-28)49-46(51-47)30-20-22-34-33-16-9-11-19-43(33)54-44(34)25-30/h3-27H,1-2H3. The topological polar surface area (TPSA) is 57.1 Å². The Morgan fingerprint density at radius 3 is 1.91 bits per heavy atom. The van der Waals surface area contributed by atoms with Crippen LogP contribution in [0.4, 0.5) is 0 Å². The largest absolute Gasteiger partial charge is 0.450 e. The van der Waals surface area contributed by atoms with Crippen LogP contribution in [0.1, 0.15) is 25.0 Å². The molecule has 0 spiro atoms. The molecule has 9 aromatic rings. The molecule has 7 aromatic carbocycles. The van der Waals surface area contributed by atoms with E-state index in [-0.39, 0.29) is 5.41 Å². The van der Waals surface area contributed by atoms with E-state index in [2.05, 4.69) is 117 Å². The molecule has 0 bridgehead atoms. The normalized spacial score (nSPS) is 13.4. The Bertz CT molecular complexity index is 2990. The van der Waals surface area contributed by atoms with Gasteiger partial charge in [-0.2, -0.15) is 0 Å². The van der Waals surface area contributed by atoms with Gasteiger partial charge in [0, 0.05) is 42.3 Å². The number of rotatable bonds is 4. The van der Waals surface area contributed by atoms with E-state index < -0.39 is 0 Å². The monoisotopic (exact) mass is 713 g/mol. The highest BCUT2D eigenvalue weighted by Crippen LogP contribution is 2.55. The number of fused-ring (bicyclic) bond motifs is 8. The predicted molar refractivity (Wildman–Crippen MR) is 219 cm³/mol. The third kappa shape index (κ3) is 4.80. The molecule has 0 amide bonds. The first kappa shape index (κ1) is 30.9. The Kier molecular flexibility index (Phi) is 6.70. The quantitative estimate of drug-likeness (QED) is 0.182. The molecule has 1 aliphatic carbocycles. The number of thiophene rings is 1. The smallest absolute Gasteiger partial charge is 0.170 e. The van der Waals surface area contributed by atoms with Gasteiger partial charge < -0.3 is 9.47 Å². The molecule has 54 heavy (non-hydrogen) atoms. The van der Waals surface area contributed by atoms with Crippen LogP contribution < -0.4 is 9.47 Å². The fourth-order valence-electron chi connectivity index (χ4n) is 8.08. The number of benzene rings is 7. The van der Waals surface area contributed by atoms with Crippen LogP contribution in [-0.4, -0.2) is 15.0 Å². The molecular weight excluding hydrogens is 683 g/mol. The van der Waals surface area contributed by atoms with Crippen molar-refractivity contribution in [2.75, 3.05) is 0 Å². The molecule has 3 heterocycles. The summed E-state index contributed by atoms with van der Waals surface area (Å²) in [6.07, 6.45) is 0. The van der Waals surface area contributed by atoms with E-state index in [1.54, 1.807) is 11.3 Å². The highest BCUT2D eigenvalue weighted by atomic mass is 32.1. The van der Waals surface area contributed by atoms with Gasteiger partial charge >= 0.3 is 0 Å². The van der Waals surface area contributed by atoms with Crippen LogP contribution in [0.3, 0.4) is 0 Å². The van der Waals surface area contributed by atoms with Crippen LogP contribution in [0.5, 0.6) is 23.0 Å². The summed E-state index contributed by atoms with van der Waals surface area (Å²) in [4.78, 5) is 15.3. The SMILES string of the molecule is CC1(C)c2ccccc2-c2cc3c(cc21)Oc1ccc(-c2ccccc2-c2nc(-c4ccccc4)nc(-c4ccc5c(c4)sc4ccccc45)n2)cc1O3. The van der Waals surface area contributed by atoms with Gasteiger partial charge in [-0.1, -0.05) is 129 Å². The second-order valence-corrected chi connectivity index (χ2v) is 15.5. The van der Waals surface area contributed by atoms with E-state index in [1.807, 2.05) is 48.5 Å². The minimum absolute atomic E-state index is 0.126. The zero-order chi connectivity index (χ0) is 36.0. The molecule has 0 fully saturated rings. The molecule has 2 aliphatic rings. The van der Waals surface area contributed by atoms with Crippen molar-refractivity contribution in [1.82, 2.24) is 15.0 Å². The van der Waals surface area contributed by atoms with Crippen molar-refractivity contribution in [3.8, 4) is 79.4 Å². The van der Waals surface area contributed by atoms with Gasteiger partial charge in [0.2, 0.25) is 0 Å². The lowest BCUT2D eigenvalue weighted by Crippen LogP contribution is -2.15. The first-order valence-electron chi connectivity index (χ1n) is 18.1. The van der Waals surface area contributed by atoms with Crippen molar-refractivity contribution >= 4 is 31.5 Å². The van der Waals surface area contributed by atoms with Crippen LogP contribution in [0.2, 0.25) is 0 Å². The summed E-state index contributed by atoms with van der Waals surface area (Å²) in [5.41, 5.74) is 9.60. The van der Waals surface area contributed by atoms with Crippen molar-refractivity contribution in [3.63, 3.8) is 0 Å². The minimum atomic E-state index is -0.126. The maximum atomic E-state index is 6.64. The van der Waals surface area contributed by atoms with Crippen molar-refractivity contribution in [2.45, 2.75) is 19.3 Å². The molecular formula is C48H31N3O2S. The zero-order valence-electron chi connectivity index (χ0n) is 29.5. The second-order valence-electron chi connectivity index (χ2n) is 14.4. The van der Waals surface area contributed by atoms with Gasteiger partial charge in [-0.3, -0.25) is 0 Å². The molecule has 6 heteroatoms. The summed E-state index contributed by atoms with van der Waals surface area (Å²) >= 11 is 1.79. The predicted octanol–water partition coefficient (Wildman–Crippen LogP) is 13.1. The number of ether oxygens (including phenoxy) is 2. The van der Waals surface area contributed by atoms with Crippen LogP contribution >= 0.6 is 11.3 Å². The second kappa shape index (κ2) is 11.7. The molecule has 0 saturated carbocycles. The van der Waals surface area contributed by atoms with Gasteiger partial charge in [-0.05, 0) is 69.8 Å². The summed E-state index contributed by atoms with van der Waals surface area (Å²) in [5, 5.41) is 2.50. The van der Waals surface area contributed by atoms with E-state index in [9.17, 15) is 0 Å². The highest BCUT2D eigenvalue weighted by Gasteiger charge is 2.37. The van der Waals surface area contributed by atoms with E-state index in [0.29, 0.717) is 34.7 Å². The van der Waals surface area contributed by atoms with E-state index in [0.717, 1.165) is 33.6 Å². The Hall–Kier alpha value is -6.63. The lowest BCUT2D eigenvalue weighted by atomic mass is 9.82. The molecule has 1 aliphatic heterocycles. The van der Waals surface area contributed by atoms with E-state index in [1.165, 1.54) is 42.4 Å². The average Bonchev–Trinajstić information content (AvgIpc) is 3.70. The minimum Gasteiger partial charge on any atom is -0.450 e. The molecule has 0 saturated heterocycles. The summed E-state index contributed by atoms with van der Waals surface area (Å²) < 4.78 is 15.6. The summed E-state index contributed by atoms with van der Waals surface area (Å²) in [5.74, 6) is 4.64. The van der Waals surface area contributed by atoms with E-state index in [4.69, 9.17) is 24.4 Å². The summed E-state index contributed by atoms with van der Waals surface area (Å²) in [6.45, 7) is 4.54. The number of hydrogen-bond acceptors (Lipinski definition) is 6. The van der Waals surface area contributed by atoms with Crippen LogP contribution in [-0.2, 0) is 5.41 Å². The average molecular weight is 714 g/mol. The number of nitrogens with zero attached hydrogens (tertiary/aromatic N) is 3. The lowest BCUT2D eigenvalue weighted by Gasteiger charge is -2.25. The van der Waals surface area contributed by atoms with Crippen molar-refractivity contribution < 1.29 is 9.47 Å². The molecule has 11 rings (SSSR count). The molecule has 0 N–H and O–H groups in total. The Labute approximate surface area is 316 Å². The highest BCUT2D eigenvalue weighted by molar-refractivity contribution is 7.25. The van der Waals surface area contributed by atoms with Gasteiger partial charge in [0.15, 0.2) is 40.5 Å². The van der Waals surface area contributed by atoms with Crippen LogP contribution in [0.25, 0.3) is 76.6 Å². The van der Waals surface area contributed by atoms with E-state index >= 15 is 0 Å². The molecule has 5 nitrogen and oxygen atoms in total. The molecule has 2 aromatic heterocycles. The lowest BCUT2D eigenvalue weighted by molar-refractivity contribution is 0.359. The first-order chi connectivity index (χ1) is 26.5. The molecule has 0 atom stereocenters.